The topological polar surface area (TPSA) is 67.2 Å². The summed E-state index contributed by atoms with van der Waals surface area (Å²) in [7, 11) is 0. The number of aryl methyl sites for hydroxylation is 1. The first-order valence-electron chi connectivity index (χ1n) is 6.07. The maximum atomic E-state index is 11.4. The van der Waals surface area contributed by atoms with E-state index in [-0.39, 0.29) is 6.03 Å². The van der Waals surface area contributed by atoms with Crippen LogP contribution in [0.5, 0.6) is 0 Å². The molecule has 2 N–H and O–H groups in total. The van der Waals surface area contributed by atoms with Crippen molar-refractivity contribution in [2.45, 2.75) is 26.8 Å². The Morgan fingerprint density at radius 3 is 3.00 bits per heavy atom. The Kier molecular flexibility index (Phi) is 3.82. The molecule has 5 heteroatoms. The molecular formula is C13H17N3O2. The Morgan fingerprint density at radius 2 is 2.22 bits per heavy atom. The van der Waals surface area contributed by atoms with Gasteiger partial charge in [-0.25, -0.2) is 9.78 Å². The zero-order chi connectivity index (χ0) is 13.0. The van der Waals surface area contributed by atoms with Crippen LogP contribution < -0.4 is 10.6 Å². The third-order valence-electron chi connectivity index (χ3n) is 2.55. The average molecular weight is 247 g/mol. The number of carbonyl (C=O) groups excluding carboxylic acids is 1. The number of nitrogens with zero attached hydrogens (tertiary/aromatic N) is 1. The molecule has 0 saturated carbocycles. The van der Waals surface area contributed by atoms with Crippen LogP contribution in [0.15, 0.2) is 22.6 Å². The molecule has 0 bridgehead atoms. The van der Waals surface area contributed by atoms with E-state index in [0.717, 1.165) is 23.1 Å². The minimum atomic E-state index is -0.145. The van der Waals surface area contributed by atoms with Crippen molar-refractivity contribution in [1.29, 1.82) is 0 Å². The highest BCUT2D eigenvalue weighted by molar-refractivity contribution is 5.75. The molecule has 0 aliphatic rings. The number of aromatic nitrogens is 1. The van der Waals surface area contributed by atoms with Gasteiger partial charge in [0.25, 0.3) is 0 Å². The van der Waals surface area contributed by atoms with Gasteiger partial charge in [0, 0.05) is 20.0 Å². The number of oxazole rings is 1. The molecular weight excluding hydrogens is 230 g/mol. The van der Waals surface area contributed by atoms with Crippen LogP contribution in [0.3, 0.4) is 0 Å². The van der Waals surface area contributed by atoms with Gasteiger partial charge in [0.2, 0.25) is 0 Å². The van der Waals surface area contributed by atoms with E-state index in [4.69, 9.17) is 4.42 Å². The van der Waals surface area contributed by atoms with E-state index in [2.05, 4.69) is 15.6 Å². The van der Waals surface area contributed by atoms with E-state index in [1.807, 2.05) is 32.0 Å². The molecule has 0 atom stereocenters. The highest BCUT2D eigenvalue weighted by atomic mass is 16.3. The maximum absolute atomic E-state index is 11.4. The Labute approximate surface area is 106 Å². The number of carbonyl (C=O) groups is 1. The van der Waals surface area contributed by atoms with Crippen LogP contribution in [0.4, 0.5) is 4.79 Å². The van der Waals surface area contributed by atoms with Crippen molar-refractivity contribution in [2.75, 3.05) is 6.54 Å². The average Bonchev–Trinajstić information content (AvgIpc) is 2.73. The van der Waals surface area contributed by atoms with Crippen LogP contribution in [0.2, 0.25) is 0 Å². The number of benzene rings is 1. The molecule has 5 nitrogen and oxygen atoms in total. The molecule has 0 aliphatic carbocycles. The summed E-state index contributed by atoms with van der Waals surface area (Å²) in [4.78, 5) is 15.6. The number of hydrogen-bond donors (Lipinski definition) is 2. The lowest BCUT2D eigenvalue weighted by Crippen LogP contribution is -2.35. The van der Waals surface area contributed by atoms with Crippen molar-refractivity contribution in [3.63, 3.8) is 0 Å². The van der Waals surface area contributed by atoms with Gasteiger partial charge < -0.3 is 15.1 Å². The van der Waals surface area contributed by atoms with Crippen LogP contribution in [0.25, 0.3) is 11.1 Å². The Morgan fingerprint density at radius 1 is 1.39 bits per heavy atom. The van der Waals surface area contributed by atoms with Crippen LogP contribution in [-0.2, 0) is 6.54 Å². The number of amides is 2. The second kappa shape index (κ2) is 5.53. The summed E-state index contributed by atoms with van der Waals surface area (Å²) >= 11 is 0. The van der Waals surface area contributed by atoms with E-state index < -0.39 is 0 Å². The predicted molar refractivity (Wildman–Crippen MR) is 69.3 cm³/mol. The lowest BCUT2D eigenvalue weighted by Gasteiger charge is -2.06. The minimum Gasteiger partial charge on any atom is -0.441 e. The SMILES string of the molecule is CCCNC(=O)NCc1ccc2oc(C)nc2c1. The van der Waals surface area contributed by atoms with Gasteiger partial charge in [0.1, 0.15) is 5.52 Å². The van der Waals surface area contributed by atoms with Gasteiger partial charge >= 0.3 is 6.03 Å². The first kappa shape index (κ1) is 12.4. The van der Waals surface area contributed by atoms with Crippen molar-refractivity contribution < 1.29 is 9.21 Å². The highest BCUT2D eigenvalue weighted by Gasteiger charge is 2.04. The molecule has 1 aromatic carbocycles. The van der Waals surface area contributed by atoms with Crippen LogP contribution in [-0.4, -0.2) is 17.6 Å². The molecule has 0 aliphatic heterocycles. The molecule has 0 spiro atoms. The van der Waals surface area contributed by atoms with Gasteiger partial charge in [-0.1, -0.05) is 13.0 Å². The first-order valence-corrected chi connectivity index (χ1v) is 6.07. The minimum absolute atomic E-state index is 0.145. The molecule has 96 valence electrons. The monoisotopic (exact) mass is 247 g/mol. The quantitative estimate of drug-likeness (QED) is 0.871. The molecule has 2 rings (SSSR count). The number of rotatable bonds is 4. The second-order valence-electron chi connectivity index (χ2n) is 4.14. The summed E-state index contributed by atoms with van der Waals surface area (Å²) in [6.45, 7) is 5.00. The maximum Gasteiger partial charge on any atom is 0.315 e. The van der Waals surface area contributed by atoms with E-state index in [9.17, 15) is 4.79 Å². The summed E-state index contributed by atoms with van der Waals surface area (Å²) < 4.78 is 5.39. The number of fused-ring (bicyclic) bond motifs is 1. The zero-order valence-corrected chi connectivity index (χ0v) is 10.6. The lowest BCUT2D eigenvalue weighted by molar-refractivity contribution is 0.240. The molecule has 0 fully saturated rings. The number of urea groups is 1. The number of hydrogen-bond acceptors (Lipinski definition) is 3. The molecule has 2 aromatic rings. The van der Waals surface area contributed by atoms with Gasteiger partial charge in [0.15, 0.2) is 11.5 Å². The zero-order valence-electron chi connectivity index (χ0n) is 10.6. The van der Waals surface area contributed by atoms with Gasteiger partial charge in [0.05, 0.1) is 0 Å². The Hall–Kier alpha value is -2.04. The summed E-state index contributed by atoms with van der Waals surface area (Å²) in [6.07, 6.45) is 0.928. The normalized spacial score (nSPS) is 10.6. The van der Waals surface area contributed by atoms with Gasteiger partial charge in [-0.05, 0) is 24.1 Å². The van der Waals surface area contributed by atoms with Crippen molar-refractivity contribution in [1.82, 2.24) is 15.6 Å². The molecule has 18 heavy (non-hydrogen) atoms. The van der Waals surface area contributed by atoms with E-state index in [0.29, 0.717) is 19.0 Å². The molecule has 0 unspecified atom stereocenters. The smallest absolute Gasteiger partial charge is 0.315 e. The van der Waals surface area contributed by atoms with Crippen molar-refractivity contribution in [2.24, 2.45) is 0 Å². The Balaban J connectivity index is 1.97. The standard InChI is InChI=1S/C13H17N3O2/c1-3-6-14-13(17)15-8-10-4-5-12-11(7-10)16-9(2)18-12/h4-5,7H,3,6,8H2,1-2H3,(H2,14,15,17). The van der Waals surface area contributed by atoms with E-state index in [1.165, 1.54) is 0 Å². The molecule has 2 amide bonds. The fraction of sp³-hybridized carbons (Fsp3) is 0.385. The van der Waals surface area contributed by atoms with Gasteiger partial charge in [-0.15, -0.1) is 0 Å². The summed E-state index contributed by atoms with van der Waals surface area (Å²) in [6, 6.07) is 5.57. The largest absolute Gasteiger partial charge is 0.441 e. The first-order chi connectivity index (χ1) is 8.69. The highest BCUT2D eigenvalue weighted by Crippen LogP contribution is 2.16. The second-order valence-corrected chi connectivity index (χ2v) is 4.14. The van der Waals surface area contributed by atoms with Crippen molar-refractivity contribution in [3.05, 3.63) is 29.7 Å². The van der Waals surface area contributed by atoms with Gasteiger partial charge in [-0.2, -0.15) is 0 Å². The third kappa shape index (κ3) is 3.00. The fourth-order valence-electron chi connectivity index (χ4n) is 1.68. The third-order valence-corrected chi connectivity index (χ3v) is 2.55. The van der Waals surface area contributed by atoms with Gasteiger partial charge in [-0.3, -0.25) is 0 Å². The summed E-state index contributed by atoms with van der Waals surface area (Å²) in [5.41, 5.74) is 2.59. The van der Waals surface area contributed by atoms with Crippen LogP contribution in [0, 0.1) is 6.92 Å². The van der Waals surface area contributed by atoms with E-state index in [1.54, 1.807) is 0 Å². The Bertz CT molecular complexity index is 548. The molecule has 1 aromatic heterocycles. The van der Waals surface area contributed by atoms with Crippen LogP contribution >= 0.6 is 0 Å². The fourth-order valence-corrected chi connectivity index (χ4v) is 1.68. The van der Waals surface area contributed by atoms with Crippen molar-refractivity contribution in [3.8, 4) is 0 Å². The van der Waals surface area contributed by atoms with E-state index >= 15 is 0 Å². The van der Waals surface area contributed by atoms with Crippen molar-refractivity contribution >= 4 is 17.1 Å². The summed E-state index contributed by atoms with van der Waals surface area (Å²) in [5, 5.41) is 5.56. The summed E-state index contributed by atoms with van der Waals surface area (Å²) in [5.74, 6) is 0.649. The molecule has 0 radical (unpaired) electrons. The molecule has 0 saturated heterocycles. The lowest BCUT2D eigenvalue weighted by atomic mass is 10.2. The number of nitrogens with one attached hydrogen (secondary N) is 2. The van der Waals surface area contributed by atoms with Crippen LogP contribution in [0.1, 0.15) is 24.8 Å². The molecule has 1 heterocycles. The predicted octanol–water partition coefficient (Wildman–Crippen LogP) is 2.35.